The van der Waals surface area contributed by atoms with E-state index in [-0.39, 0.29) is 17.4 Å². The molecule has 1 saturated heterocycles. The summed E-state index contributed by atoms with van der Waals surface area (Å²) in [7, 11) is 0. The molecule has 1 aliphatic rings. The van der Waals surface area contributed by atoms with Crippen molar-refractivity contribution in [1.82, 2.24) is 14.3 Å². The number of likely N-dealkylation sites (tertiary alicyclic amines) is 1. The van der Waals surface area contributed by atoms with Crippen LogP contribution in [-0.2, 0) is 6.54 Å². The molecule has 1 aliphatic heterocycles. The second kappa shape index (κ2) is 6.58. The summed E-state index contributed by atoms with van der Waals surface area (Å²) in [5, 5.41) is 0.500. The minimum absolute atomic E-state index is 0.139. The van der Waals surface area contributed by atoms with Gasteiger partial charge in [-0.05, 0) is 49.2 Å². The average molecular weight is 358 g/mol. The van der Waals surface area contributed by atoms with Crippen LogP contribution in [0, 0.1) is 5.82 Å². The van der Waals surface area contributed by atoms with Gasteiger partial charge < -0.3 is 0 Å². The maximum atomic E-state index is 13.2. The van der Waals surface area contributed by atoms with Crippen molar-refractivity contribution in [3.8, 4) is 0 Å². The number of pyridine rings is 1. The Labute approximate surface area is 149 Å². The quantitative estimate of drug-likeness (QED) is 0.715. The number of nitrogens with zero attached hydrogens (tertiary/aromatic N) is 3. The molecule has 1 fully saturated rings. The molecule has 0 radical (unpaired) electrons. The zero-order valence-electron chi connectivity index (χ0n) is 13.5. The van der Waals surface area contributed by atoms with Crippen molar-refractivity contribution < 1.29 is 4.39 Å². The number of hydrogen-bond donors (Lipinski definition) is 0. The lowest BCUT2D eigenvalue weighted by Crippen LogP contribution is -2.25. The number of aromatic nitrogens is 2. The molecule has 1 atom stereocenters. The summed E-state index contributed by atoms with van der Waals surface area (Å²) in [6, 6.07) is 11.9. The summed E-state index contributed by atoms with van der Waals surface area (Å²) in [4.78, 5) is 19.2. The first-order valence-electron chi connectivity index (χ1n) is 8.27. The van der Waals surface area contributed by atoms with Gasteiger partial charge in [-0.3, -0.25) is 14.1 Å². The van der Waals surface area contributed by atoms with Gasteiger partial charge in [-0.1, -0.05) is 23.7 Å². The van der Waals surface area contributed by atoms with Gasteiger partial charge in [0, 0.05) is 24.8 Å². The van der Waals surface area contributed by atoms with Gasteiger partial charge in [0.15, 0.2) is 0 Å². The largest absolute Gasteiger partial charge is 0.291 e. The van der Waals surface area contributed by atoms with Gasteiger partial charge in [0.25, 0.3) is 5.56 Å². The SMILES string of the molecule is O=c1cc(CN2CCCC2c2ccc(F)cc2)nc2ccc(Cl)cn12. The van der Waals surface area contributed by atoms with E-state index in [1.165, 1.54) is 16.5 Å². The van der Waals surface area contributed by atoms with E-state index in [1.807, 2.05) is 12.1 Å². The third-order valence-electron chi connectivity index (χ3n) is 4.66. The van der Waals surface area contributed by atoms with Crippen LogP contribution in [0.1, 0.15) is 30.1 Å². The molecule has 25 heavy (non-hydrogen) atoms. The van der Waals surface area contributed by atoms with Crippen molar-refractivity contribution in [2.24, 2.45) is 0 Å². The van der Waals surface area contributed by atoms with E-state index in [4.69, 9.17) is 11.6 Å². The predicted octanol–water partition coefficient (Wildman–Crippen LogP) is 3.82. The van der Waals surface area contributed by atoms with Gasteiger partial charge in [0.1, 0.15) is 11.5 Å². The second-order valence-electron chi connectivity index (χ2n) is 6.34. The molecular formula is C19H17ClFN3O. The van der Waals surface area contributed by atoms with Crippen LogP contribution in [0.2, 0.25) is 5.02 Å². The minimum Gasteiger partial charge on any atom is -0.291 e. The van der Waals surface area contributed by atoms with E-state index < -0.39 is 0 Å². The molecule has 0 saturated carbocycles. The van der Waals surface area contributed by atoms with Crippen molar-refractivity contribution in [1.29, 1.82) is 0 Å². The fourth-order valence-electron chi connectivity index (χ4n) is 3.49. The molecular weight excluding hydrogens is 341 g/mol. The van der Waals surface area contributed by atoms with Crippen molar-refractivity contribution in [3.63, 3.8) is 0 Å². The lowest BCUT2D eigenvalue weighted by Gasteiger charge is -2.24. The Morgan fingerprint density at radius 1 is 1.20 bits per heavy atom. The van der Waals surface area contributed by atoms with E-state index in [2.05, 4.69) is 9.88 Å². The summed E-state index contributed by atoms with van der Waals surface area (Å²) in [6.45, 7) is 1.53. The highest BCUT2D eigenvalue weighted by atomic mass is 35.5. The second-order valence-corrected chi connectivity index (χ2v) is 6.78. The summed E-state index contributed by atoms with van der Waals surface area (Å²) in [6.07, 6.45) is 3.67. The Morgan fingerprint density at radius 3 is 2.80 bits per heavy atom. The number of halogens is 2. The fourth-order valence-corrected chi connectivity index (χ4v) is 3.65. The summed E-state index contributed by atoms with van der Waals surface area (Å²) in [5.41, 5.74) is 2.29. The van der Waals surface area contributed by atoms with E-state index in [9.17, 15) is 9.18 Å². The molecule has 4 rings (SSSR count). The van der Waals surface area contributed by atoms with Crippen LogP contribution in [0.4, 0.5) is 4.39 Å². The molecule has 0 N–H and O–H groups in total. The fraction of sp³-hybridized carbons (Fsp3) is 0.263. The van der Waals surface area contributed by atoms with Crippen LogP contribution >= 0.6 is 11.6 Å². The molecule has 0 bridgehead atoms. The van der Waals surface area contributed by atoms with E-state index in [0.717, 1.165) is 30.6 Å². The molecule has 6 heteroatoms. The molecule has 128 valence electrons. The topological polar surface area (TPSA) is 37.6 Å². The summed E-state index contributed by atoms with van der Waals surface area (Å²) in [5.74, 6) is -0.226. The molecule has 4 nitrogen and oxygen atoms in total. The van der Waals surface area contributed by atoms with E-state index >= 15 is 0 Å². The molecule has 0 aliphatic carbocycles. The van der Waals surface area contributed by atoms with Crippen LogP contribution < -0.4 is 5.56 Å². The minimum atomic E-state index is -0.226. The van der Waals surface area contributed by atoms with Crippen LogP contribution in [0.3, 0.4) is 0 Å². The first-order valence-corrected chi connectivity index (χ1v) is 8.65. The van der Waals surface area contributed by atoms with Crippen LogP contribution in [-0.4, -0.2) is 20.8 Å². The van der Waals surface area contributed by atoms with Gasteiger partial charge in [-0.15, -0.1) is 0 Å². The Balaban J connectivity index is 1.62. The highest BCUT2D eigenvalue weighted by Gasteiger charge is 2.26. The van der Waals surface area contributed by atoms with Crippen LogP contribution in [0.15, 0.2) is 53.5 Å². The zero-order chi connectivity index (χ0) is 17.4. The Hall–Kier alpha value is -2.24. The van der Waals surface area contributed by atoms with E-state index in [1.54, 1.807) is 24.4 Å². The number of hydrogen-bond acceptors (Lipinski definition) is 3. The average Bonchev–Trinajstić information content (AvgIpc) is 3.04. The van der Waals surface area contributed by atoms with Gasteiger partial charge in [-0.2, -0.15) is 0 Å². The van der Waals surface area contributed by atoms with Gasteiger partial charge >= 0.3 is 0 Å². The molecule has 1 aromatic carbocycles. The lowest BCUT2D eigenvalue weighted by molar-refractivity contribution is 0.245. The molecule has 2 aromatic heterocycles. The maximum Gasteiger partial charge on any atom is 0.258 e. The maximum absolute atomic E-state index is 13.2. The molecule has 0 amide bonds. The summed E-state index contributed by atoms with van der Waals surface area (Å²) < 4.78 is 14.6. The highest BCUT2D eigenvalue weighted by Crippen LogP contribution is 2.32. The van der Waals surface area contributed by atoms with Crippen molar-refractivity contribution >= 4 is 17.2 Å². The third-order valence-corrected chi connectivity index (χ3v) is 4.88. The zero-order valence-corrected chi connectivity index (χ0v) is 14.3. The van der Waals surface area contributed by atoms with Gasteiger partial charge in [0.05, 0.1) is 10.7 Å². The van der Waals surface area contributed by atoms with Gasteiger partial charge in [0.2, 0.25) is 0 Å². The Bertz CT molecular complexity index is 971. The smallest absolute Gasteiger partial charge is 0.258 e. The van der Waals surface area contributed by atoms with E-state index in [0.29, 0.717) is 17.2 Å². The molecule has 3 aromatic rings. The normalized spacial score (nSPS) is 18.1. The van der Waals surface area contributed by atoms with Crippen molar-refractivity contribution in [2.75, 3.05) is 6.54 Å². The standard InChI is InChI=1S/C19H17ClFN3O/c20-14-5-8-18-22-16(10-19(25)24(18)11-14)12-23-9-1-2-17(23)13-3-6-15(21)7-4-13/h3-8,10-11,17H,1-2,9,12H2. The van der Waals surface area contributed by atoms with Crippen LogP contribution in [0.25, 0.3) is 5.65 Å². The molecule has 0 spiro atoms. The highest BCUT2D eigenvalue weighted by molar-refractivity contribution is 6.30. The molecule has 1 unspecified atom stereocenters. The number of rotatable bonds is 3. The summed E-state index contributed by atoms with van der Waals surface area (Å²) >= 11 is 5.94. The first-order chi connectivity index (χ1) is 12.1. The first kappa shape index (κ1) is 16.2. The Morgan fingerprint density at radius 2 is 2.00 bits per heavy atom. The monoisotopic (exact) mass is 357 g/mol. The number of benzene rings is 1. The Kier molecular flexibility index (Phi) is 4.27. The van der Waals surface area contributed by atoms with Crippen LogP contribution in [0.5, 0.6) is 0 Å². The van der Waals surface area contributed by atoms with Crippen molar-refractivity contribution in [3.05, 3.63) is 81.1 Å². The number of fused-ring (bicyclic) bond motifs is 1. The molecule has 3 heterocycles. The lowest BCUT2D eigenvalue weighted by atomic mass is 10.0. The van der Waals surface area contributed by atoms with Gasteiger partial charge in [-0.25, -0.2) is 9.37 Å². The third kappa shape index (κ3) is 3.30. The predicted molar refractivity (Wildman–Crippen MR) is 95.3 cm³/mol. The van der Waals surface area contributed by atoms with Crippen molar-refractivity contribution in [2.45, 2.75) is 25.4 Å².